The molecule has 0 aliphatic carbocycles. The molecule has 0 unspecified atom stereocenters. The summed E-state index contributed by atoms with van der Waals surface area (Å²) >= 11 is 0. The van der Waals surface area contributed by atoms with Crippen LogP contribution in [0.15, 0.2) is 21.5 Å². The monoisotopic (exact) mass is 179 g/mol. The van der Waals surface area contributed by atoms with E-state index in [1.165, 1.54) is 0 Å². The Balaban J connectivity index is 2.54. The van der Waals surface area contributed by atoms with Gasteiger partial charge in [-0.05, 0) is 18.7 Å². The summed E-state index contributed by atoms with van der Waals surface area (Å²) < 4.78 is 4.76. The number of aromatic amines is 1. The van der Waals surface area contributed by atoms with Crippen LogP contribution >= 0.6 is 0 Å². The van der Waals surface area contributed by atoms with E-state index < -0.39 is 5.76 Å². The Kier molecular flexibility index (Phi) is 1.86. The highest BCUT2D eigenvalue weighted by Gasteiger charge is 2.02. The van der Waals surface area contributed by atoms with Gasteiger partial charge in [-0.2, -0.15) is 0 Å². The summed E-state index contributed by atoms with van der Waals surface area (Å²) in [6.07, 6.45) is 1.68. The first kappa shape index (κ1) is 8.00. The Morgan fingerprint density at radius 2 is 2.54 bits per heavy atom. The van der Waals surface area contributed by atoms with Gasteiger partial charge in [-0.25, -0.2) is 9.78 Å². The van der Waals surface area contributed by atoms with Gasteiger partial charge in [0.05, 0.1) is 0 Å². The van der Waals surface area contributed by atoms with Crippen molar-refractivity contribution in [2.24, 2.45) is 0 Å². The summed E-state index contributed by atoms with van der Waals surface area (Å²) in [4.78, 5) is 17.3. The first-order valence-electron chi connectivity index (χ1n) is 3.92. The second-order valence-electron chi connectivity index (χ2n) is 2.74. The van der Waals surface area contributed by atoms with Crippen LogP contribution < -0.4 is 11.1 Å². The highest BCUT2D eigenvalue weighted by molar-refractivity contribution is 5.67. The maximum absolute atomic E-state index is 10.8. The third-order valence-electron chi connectivity index (χ3n) is 1.71. The zero-order valence-electron chi connectivity index (χ0n) is 7.13. The number of hydrogen-bond acceptors (Lipinski definition) is 4. The van der Waals surface area contributed by atoms with Crippen LogP contribution in [0.3, 0.4) is 0 Å². The smallest absolute Gasteiger partial charge is 0.389 e. The molecule has 2 N–H and O–H groups in total. The number of nitrogens with one attached hydrogen (secondary N) is 2. The Morgan fingerprint density at radius 1 is 1.69 bits per heavy atom. The van der Waals surface area contributed by atoms with E-state index in [1.807, 2.05) is 13.1 Å². The number of H-pyrrole nitrogens is 1. The third-order valence-corrected chi connectivity index (χ3v) is 1.71. The summed E-state index contributed by atoms with van der Waals surface area (Å²) in [6.45, 7) is 0.718. The number of aromatic nitrogens is 2. The molecular weight excluding hydrogens is 170 g/mol. The molecule has 68 valence electrons. The lowest BCUT2D eigenvalue weighted by molar-refractivity contribution is 0.545. The van der Waals surface area contributed by atoms with Crippen molar-refractivity contribution in [3.63, 3.8) is 0 Å². The minimum absolute atomic E-state index is 0.352. The lowest BCUT2D eigenvalue weighted by Crippen LogP contribution is -2.05. The molecule has 2 aromatic rings. The maximum atomic E-state index is 10.8. The number of oxazole rings is 1. The average molecular weight is 179 g/mol. The van der Waals surface area contributed by atoms with Crippen LogP contribution in [-0.4, -0.2) is 17.0 Å². The lowest BCUT2D eigenvalue weighted by Gasteiger charge is -1.96. The maximum Gasteiger partial charge on any atom is 0.418 e. The van der Waals surface area contributed by atoms with Gasteiger partial charge in [0.25, 0.3) is 0 Å². The first-order chi connectivity index (χ1) is 6.29. The topological polar surface area (TPSA) is 70.9 Å². The summed E-state index contributed by atoms with van der Waals surface area (Å²) in [5.74, 6) is -0.468. The van der Waals surface area contributed by atoms with Crippen molar-refractivity contribution >= 4 is 11.2 Å². The number of rotatable bonds is 2. The Labute approximate surface area is 73.8 Å². The Morgan fingerprint density at radius 3 is 3.31 bits per heavy atom. The standard InChI is InChI=1S/C8H9N3O2/c1-9-3-5-2-6-7(10-4-5)13-8(12)11-6/h2,4,9H,3H2,1H3,(H,11,12). The van der Waals surface area contributed by atoms with E-state index in [9.17, 15) is 4.79 Å². The Hall–Kier alpha value is -1.62. The summed E-state index contributed by atoms with van der Waals surface area (Å²) in [5.41, 5.74) is 2.00. The van der Waals surface area contributed by atoms with E-state index in [0.29, 0.717) is 11.2 Å². The molecule has 0 saturated heterocycles. The van der Waals surface area contributed by atoms with Crippen molar-refractivity contribution in [2.75, 3.05) is 7.05 Å². The van der Waals surface area contributed by atoms with Gasteiger partial charge in [0.1, 0.15) is 5.52 Å². The zero-order valence-corrected chi connectivity index (χ0v) is 7.13. The molecular formula is C8H9N3O2. The second-order valence-corrected chi connectivity index (χ2v) is 2.74. The van der Waals surface area contributed by atoms with Crippen LogP contribution in [0, 0.1) is 0 Å². The van der Waals surface area contributed by atoms with E-state index >= 15 is 0 Å². The molecule has 5 heteroatoms. The lowest BCUT2D eigenvalue weighted by atomic mass is 10.3. The number of hydrogen-bond donors (Lipinski definition) is 2. The van der Waals surface area contributed by atoms with Crippen molar-refractivity contribution in [3.8, 4) is 0 Å². The quantitative estimate of drug-likeness (QED) is 0.692. The molecule has 13 heavy (non-hydrogen) atoms. The van der Waals surface area contributed by atoms with Gasteiger partial charge >= 0.3 is 5.76 Å². The van der Waals surface area contributed by atoms with E-state index in [4.69, 9.17) is 4.42 Å². The highest BCUT2D eigenvalue weighted by atomic mass is 16.4. The minimum Gasteiger partial charge on any atom is -0.389 e. The molecule has 0 aliphatic heterocycles. The molecule has 5 nitrogen and oxygen atoms in total. The minimum atomic E-state index is -0.468. The molecule has 0 amide bonds. The van der Waals surface area contributed by atoms with Crippen LogP contribution in [0.5, 0.6) is 0 Å². The van der Waals surface area contributed by atoms with Crippen molar-refractivity contribution in [3.05, 3.63) is 28.4 Å². The molecule has 0 saturated carbocycles. The third kappa shape index (κ3) is 1.46. The van der Waals surface area contributed by atoms with Crippen LogP contribution in [-0.2, 0) is 6.54 Å². The molecule has 0 aromatic carbocycles. The molecule has 0 spiro atoms. The summed E-state index contributed by atoms with van der Waals surface area (Å²) in [6, 6.07) is 1.84. The molecule has 0 atom stereocenters. The fourth-order valence-corrected chi connectivity index (χ4v) is 1.19. The molecule has 2 aromatic heterocycles. The van der Waals surface area contributed by atoms with Gasteiger partial charge in [-0.15, -0.1) is 0 Å². The Bertz CT molecular complexity index is 471. The number of nitrogens with zero attached hydrogens (tertiary/aromatic N) is 1. The van der Waals surface area contributed by atoms with Gasteiger partial charge < -0.3 is 9.73 Å². The van der Waals surface area contributed by atoms with Gasteiger partial charge in [-0.1, -0.05) is 0 Å². The molecule has 0 radical (unpaired) electrons. The van der Waals surface area contributed by atoms with Crippen LogP contribution in [0.1, 0.15) is 5.56 Å². The first-order valence-corrected chi connectivity index (χ1v) is 3.92. The fourth-order valence-electron chi connectivity index (χ4n) is 1.19. The van der Waals surface area contributed by atoms with E-state index in [0.717, 1.165) is 12.1 Å². The predicted molar refractivity (Wildman–Crippen MR) is 47.4 cm³/mol. The molecule has 0 bridgehead atoms. The summed E-state index contributed by atoms with van der Waals surface area (Å²) in [7, 11) is 1.85. The largest absolute Gasteiger partial charge is 0.418 e. The van der Waals surface area contributed by atoms with Gasteiger partial charge in [0.15, 0.2) is 0 Å². The van der Waals surface area contributed by atoms with E-state index in [2.05, 4.69) is 15.3 Å². The van der Waals surface area contributed by atoms with Gasteiger partial charge in [0.2, 0.25) is 5.71 Å². The number of pyridine rings is 1. The zero-order chi connectivity index (χ0) is 9.26. The predicted octanol–water partition coefficient (Wildman–Crippen LogP) is 0.235. The normalized spacial score (nSPS) is 10.8. The molecule has 2 heterocycles. The van der Waals surface area contributed by atoms with Crippen LogP contribution in [0.4, 0.5) is 0 Å². The van der Waals surface area contributed by atoms with E-state index in [1.54, 1.807) is 6.20 Å². The SMILES string of the molecule is CNCc1cnc2oc(=O)[nH]c2c1. The summed E-state index contributed by atoms with van der Waals surface area (Å²) in [5, 5.41) is 2.99. The fraction of sp³-hybridized carbons (Fsp3) is 0.250. The van der Waals surface area contributed by atoms with E-state index in [-0.39, 0.29) is 0 Å². The molecule has 2 rings (SSSR count). The molecule has 0 aliphatic rings. The second kappa shape index (κ2) is 3.02. The van der Waals surface area contributed by atoms with Gasteiger partial charge in [0, 0.05) is 12.7 Å². The average Bonchev–Trinajstić information content (AvgIpc) is 2.44. The van der Waals surface area contributed by atoms with Crippen LogP contribution in [0.25, 0.3) is 11.2 Å². The van der Waals surface area contributed by atoms with Crippen molar-refractivity contribution in [1.82, 2.24) is 15.3 Å². The van der Waals surface area contributed by atoms with Crippen molar-refractivity contribution < 1.29 is 4.42 Å². The molecule has 0 fully saturated rings. The van der Waals surface area contributed by atoms with Crippen molar-refractivity contribution in [1.29, 1.82) is 0 Å². The van der Waals surface area contributed by atoms with Crippen LogP contribution in [0.2, 0.25) is 0 Å². The van der Waals surface area contributed by atoms with Crippen molar-refractivity contribution in [2.45, 2.75) is 6.54 Å². The highest BCUT2D eigenvalue weighted by Crippen LogP contribution is 2.07. The van der Waals surface area contributed by atoms with Gasteiger partial charge in [-0.3, -0.25) is 4.98 Å². The number of fused-ring (bicyclic) bond motifs is 1.